The number of rotatable bonds is 3. The van der Waals surface area contributed by atoms with E-state index in [1.807, 2.05) is 13.8 Å². The quantitative estimate of drug-likeness (QED) is 0.474. The third kappa shape index (κ3) is 2.90. The minimum atomic E-state index is -0.544. The van der Waals surface area contributed by atoms with E-state index >= 15 is 0 Å². The summed E-state index contributed by atoms with van der Waals surface area (Å²) in [6.07, 6.45) is 0.715. The van der Waals surface area contributed by atoms with Crippen molar-refractivity contribution in [3.8, 4) is 0 Å². The van der Waals surface area contributed by atoms with Crippen molar-refractivity contribution in [1.82, 2.24) is 0 Å². The molecular formula is C13H16N2O4. The van der Waals surface area contributed by atoms with Gasteiger partial charge in [-0.25, -0.2) is 0 Å². The van der Waals surface area contributed by atoms with E-state index in [1.54, 1.807) is 12.1 Å². The molecule has 0 spiro atoms. The van der Waals surface area contributed by atoms with Gasteiger partial charge in [0.05, 0.1) is 22.7 Å². The summed E-state index contributed by atoms with van der Waals surface area (Å²) in [7, 11) is 0. The highest BCUT2D eigenvalue weighted by Crippen LogP contribution is 2.26. The van der Waals surface area contributed by atoms with Gasteiger partial charge in [-0.2, -0.15) is 0 Å². The number of anilines is 1. The van der Waals surface area contributed by atoms with Crippen molar-refractivity contribution in [2.45, 2.75) is 26.1 Å². The van der Waals surface area contributed by atoms with Crippen LogP contribution < -0.4 is 4.90 Å². The first-order valence-corrected chi connectivity index (χ1v) is 6.15. The molecular weight excluding hydrogens is 248 g/mol. The molecule has 1 aromatic rings. The molecule has 0 aromatic heterocycles. The number of carbonyl (C=O) groups is 1. The van der Waals surface area contributed by atoms with Gasteiger partial charge in [-0.15, -0.1) is 0 Å². The van der Waals surface area contributed by atoms with Crippen LogP contribution in [0.15, 0.2) is 18.2 Å². The number of nitrogens with zero attached hydrogens (tertiary/aromatic N) is 2. The summed E-state index contributed by atoms with van der Waals surface area (Å²) in [5.74, 6) is 0. The second-order valence-electron chi connectivity index (χ2n) is 4.78. The van der Waals surface area contributed by atoms with Gasteiger partial charge in [-0.1, -0.05) is 0 Å². The standard InChI is InChI=1S/C13H16N2O4/c1-9-6-14(7-10(2)19-9)12-3-4-13(15(17)18)11(5-12)8-16/h3-5,8-10H,6-7H2,1-2H3/t9-,10+. The Labute approximate surface area is 111 Å². The number of carbonyl (C=O) groups excluding carboxylic acids is 1. The number of nitro benzene ring substituents is 1. The predicted molar refractivity (Wildman–Crippen MR) is 70.7 cm³/mol. The predicted octanol–water partition coefficient (Wildman–Crippen LogP) is 2.02. The summed E-state index contributed by atoms with van der Waals surface area (Å²) < 4.78 is 5.64. The van der Waals surface area contributed by atoms with Gasteiger partial charge in [-0.3, -0.25) is 14.9 Å². The first-order valence-electron chi connectivity index (χ1n) is 6.15. The largest absolute Gasteiger partial charge is 0.372 e. The smallest absolute Gasteiger partial charge is 0.280 e. The summed E-state index contributed by atoms with van der Waals surface area (Å²) in [4.78, 5) is 23.3. The Bertz CT molecular complexity index is 493. The third-order valence-corrected chi connectivity index (χ3v) is 3.12. The number of nitro groups is 1. The Kier molecular flexibility index (Phi) is 3.80. The van der Waals surface area contributed by atoms with Gasteiger partial charge in [-0.05, 0) is 26.0 Å². The van der Waals surface area contributed by atoms with Crippen molar-refractivity contribution in [2.75, 3.05) is 18.0 Å². The Morgan fingerprint density at radius 2 is 2.00 bits per heavy atom. The topological polar surface area (TPSA) is 72.7 Å². The zero-order valence-corrected chi connectivity index (χ0v) is 10.9. The molecule has 1 saturated heterocycles. The lowest BCUT2D eigenvalue weighted by Crippen LogP contribution is -2.45. The fourth-order valence-corrected chi connectivity index (χ4v) is 2.39. The van der Waals surface area contributed by atoms with Gasteiger partial charge >= 0.3 is 0 Å². The molecule has 2 atom stereocenters. The van der Waals surface area contributed by atoms with E-state index < -0.39 is 4.92 Å². The highest BCUT2D eigenvalue weighted by molar-refractivity contribution is 5.83. The lowest BCUT2D eigenvalue weighted by Gasteiger charge is -2.36. The molecule has 102 valence electrons. The number of aldehydes is 1. The molecule has 0 aliphatic carbocycles. The van der Waals surface area contributed by atoms with Gasteiger partial charge in [0.1, 0.15) is 0 Å². The van der Waals surface area contributed by atoms with Gasteiger partial charge in [0.2, 0.25) is 0 Å². The first kappa shape index (κ1) is 13.5. The number of ether oxygens (including phenoxy) is 1. The second kappa shape index (κ2) is 5.36. The molecule has 1 fully saturated rings. The minimum Gasteiger partial charge on any atom is -0.372 e. The van der Waals surface area contributed by atoms with Crippen molar-refractivity contribution in [3.05, 3.63) is 33.9 Å². The van der Waals surface area contributed by atoms with E-state index in [-0.39, 0.29) is 23.5 Å². The molecule has 0 saturated carbocycles. The summed E-state index contributed by atoms with van der Waals surface area (Å²) in [5, 5.41) is 10.8. The normalized spacial score (nSPS) is 23.2. The second-order valence-corrected chi connectivity index (χ2v) is 4.78. The molecule has 1 aliphatic rings. The van der Waals surface area contributed by atoms with Gasteiger partial charge < -0.3 is 9.64 Å². The van der Waals surface area contributed by atoms with Crippen molar-refractivity contribution < 1.29 is 14.5 Å². The van der Waals surface area contributed by atoms with Crippen LogP contribution in [0.4, 0.5) is 11.4 Å². The van der Waals surface area contributed by atoms with Crippen molar-refractivity contribution in [2.24, 2.45) is 0 Å². The van der Waals surface area contributed by atoms with Crippen LogP contribution in [0.5, 0.6) is 0 Å². The van der Waals surface area contributed by atoms with Gasteiger partial charge in [0.25, 0.3) is 5.69 Å². The van der Waals surface area contributed by atoms with Gasteiger partial charge in [0, 0.05) is 24.8 Å². The molecule has 0 bridgehead atoms. The number of morpholine rings is 1. The molecule has 6 nitrogen and oxygen atoms in total. The van der Waals surface area contributed by atoms with E-state index in [2.05, 4.69) is 4.90 Å². The Morgan fingerprint density at radius 1 is 1.37 bits per heavy atom. The van der Waals surface area contributed by atoms with Crippen LogP contribution in [0.1, 0.15) is 24.2 Å². The average molecular weight is 264 g/mol. The zero-order chi connectivity index (χ0) is 14.0. The fraction of sp³-hybridized carbons (Fsp3) is 0.462. The van der Waals surface area contributed by atoms with E-state index in [1.165, 1.54) is 6.07 Å². The summed E-state index contributed by atoms with van der Waals surface area (Å²) in [6, 6.07) is 4.62. The Morgan fingerprint density at radius 3 is 2.53 bits per heavy atom. The highest BCUT2D eigenvalue weighted by Gasteiger charge is 2.24. The van der Waals surface area contributed by atoms with Crippen molar-refractivity contribution in [3.63, 3.8) is 0 Å². The van der Waals surface area contributed by atoms with Crippen LogP contribution in [-0.4, -0.2) is 36.5 Å². The molecule has 1 heterocycles. The fourth-order valence-electron chi connectivity index (χ4n) is 2.39. The maximum atomic E-state index is 10.9. The molecule has 0 radical (unpaired) electrons. The molecule has 0 amide bonds. The summed E-state index contributed by atoms with van der Waals surface area (Å²) in [6.45, 7) is 5.38. The summed E-state index contributed by atoms with van der Waals surface area (Å²) >= 11 is 0. The number of benzene rings is 1. The third-order valence-electron chi connectivity index (χ3n) is 3.12. The van der Waals surface area contributed by atoms with Crippen LogP contribution in [0.2, 0.25) is 0 Å². The van der Waals surface area contributed by atoms with Crippen LogP contribution in [0.3, 0.4) is 0 Å². The number of hydrogen-bond donors (Lipinski definition) is 0. The van der Waals surface area contributed by atoms with Crippen molar-refractivity contribution >= 4 is 17.7 Å². The molecule has 0 unspecified atom stereocenters. The monoisotopic (exact) mass is 264 g/mol. The van der Waals surface area contributed by atoms with E-state index in [9.17, 15) is 14.9 Å². The lowest BCUT2D eigenvalue weighted by atomic mass is 10.1. The van der Waals surface area contributed by atoms with E-state index in [0.717, 1.165) is 5.69 Å². The minimum absolute atomic E-state index is 0.0959. The van der Waals surface area contributed by atoms with E-state index in [0.29, 0.717) is 19.4 Å². The van der Waals surface area contributed by atoms with Crippen molar-refractivity contribution in [1.29, 1.82) is 0 Å². The lowest BCUT2D eigenvalue weighted by molar-refractivity contribution is -0.385. The molecule has 1 aliphatic heterocycles. The van der Waals surface area contributed by atoms with Gasteiger partial charge in [0.15, 0.2) is 6.29 Å². The molecule has 19 heavy (non-hydrogen) atoms. The SMILES string of the molecule is C[C@@H]1CN(c2ccc([N+](=O)[O-])c(C=O)c2)C[C@H](C)O1. The average Bonchev–Trinajstić information content (AvgIpc) is 2.36. The maximum Gasteiger partial charge on any atom is 0.280 e. The Hall–Kier alpha value is -1.95. The molecule has 1 aromatic carbocycles. The van der Waals surface area contributed by atoms with Crippen LogP contribution in [0.25, 0.3) is 0 Å². The highest BCUT2D eigenvalue weighted by atomic mass is 16.6. The number of hydrogen-bond acceptors (Lipinski definition) is 5. The molecule has 0 N–H and O–H groups in total. The van der Waals surface area contributed by atoms with Crippen LogP contribution >= 0.6 is 0 Å². The Balaban J connectivity index is 2.30. The van der Waals surface area contributed by atoms with Crippen LogP contribution in [-0.2, 0) is 4.74 Å². The maximum absolute atomic E-state index is 10.9. The molecule has 6 heteroatoms. The molecule has 2 rings (SSSR count). The van der Waals surface area contributed by atoms with E-state index in [4.69, 9.17) is 4.74 Å². The van der Waals surface area contributed by atoms with Crippen LogP contribution in [0, 0.1) is 10.1 Å². The first-order chi connectivity index (χ1) is 9.01. The summed E-state index contributed by atoms with van der Waals surface area (Å²) in [5.41, 5.74) is 0.761. The zero-order valence-electron chi connectivity index (χ0n) is 10.9.